The lowest BCUT2D eigenvalue weighted by molar-refractivity contribution is -0.137. The molecule has 1 fully saturated rings. The minimum absolute atomic E-state index is 0.0605. The van der Waals surface area contributed by atoms with E-state index in [0.29, 0.717) is 10.7 Å². The number of anilines is 1. The first-order chi connectivity index (χ1) is 14.6. The van der Waals surface area contributed by atoms with E-state index in [9.17, 15) is 19.2 Å². The number of rotatable bonds is 7. The van der Waals surface area contributed by atoms with Crippen LogP contribution in [0.3, 0.4) is 0 Å². The number of ether oxygens (including phenoxy) is 3. The molecule has 2 rings (SSSR count). The molecule has 168 valence electrons. The molecule has 2 amide bonds. The number of hydrogen-bond donors (Lipinski definition) is 1. The van der Waals surface area contributed by atoms with Crippen LogP contribution in [-0.4, -0.2) is 60.0 Å². The van der Waals surface area contributed by atoms with Crippen molar-refractivity contribution in [1.82, 2.24) is 4.90 Å². The summed E-state index contributed by atoms with van der Waals surface area (Å²) in [5.41, 5.74) is -0.0283. The topological polar surface area (TPSA) is 111 Å². The van der Waals surface area contributed by atoms with Gasteiger partial charge in [0, 0.05) is 5.69 Å². The normalized spacial score (nSPS) is 15.0. The first-order valence-corrected chi connectivity index (χ1v) is 10.7. The Labute approximate surface area is 185 Å². The summed E-state index contributed by atoms with van der Waals surface area (Å²) in [6, 6.07) is 6.23. The maximum absolute atomic E-state index is 12.3. The molecule has 1 N–H and O–H groups in total. The van der Waals surface area contributed by atoms with E-state index in [1.54, 1.807) is 45.9 Å². The van der Waals surface area contributed by atoms with Gasteiger partial charge in [0.05, 0.1) is 35.6 Å². The third-order valence-corrected chi connectivity index (χ3v) is 4.76. The quantitative estimate of drug-likeness (QED) is 0.383. The van der Waals surface area contributed by atoms with Gasteiger partial charge in [0.1, 0.15) is 12.2 Å². The summed E-state index contributed by atoms with van der Waals surface area (Å²) in [4.78, 5) is 49.3. The second-order valence-corrected chi connectivity index (χ2v) is 8.41. The molecule has 0 spiro atoms. The first-order valence-electron chi connectivity index (χ1n) is 9.68. The molecule has 0 aromatic heterocycles. The molecule has 0 aliphatic carbocycles. The summed E-state index contributed by atoms with van der Waals surface area (Å²) in [6.45, 7) is 7.22. The third-order valence-electron chi connectivity index (χ3n) is 3.73. The van der Waals surface area contributed by atoms with Crippen molar-refractivity contribution in [1.29, 1.82) is 0 Å². The van der Waals surface area contributed by atoms with Gasteiger partial charge in [-0.25, -0.2) is 14.4 Å². The minimum Gasteiger partial charge on any atom is -0.463 e. The van der Waals surface area contributed by atoms with E-state index in [-0.39, 0.29) is 37.0 Å². The van der Waals surface area contributed by atoms with Gasteiger partial charge in [-0.05, 0) is 45.9 Å². The summed E-state index contributed by atoms with van der Waals surface area (Å²) in [5, 5.41) is 3.02. The second kappa shape index (κ2) is 10.9. The highest BCUT2D eigenvalue weighted by Crippen LogP contribution is 2.28. The number of thioether (sulfide) groups is 1. The first kappa shape index (κ1) is 24.3. The molecule has 1 aromatic carbocycles. The summed E-state index contributed by atoms with van der Waals surface area (Å²) < 4.78 is 15.3. The van der Waals surface area contributed by atoms with Crippen molar-refractivity contribution in [2.45, 2.75) is 33.3 Å². The van der Waals surface area contributed by atoms with Gasteiger partial charge < -0.3 is 19.1 Å². The van der Waals surface area contributed by atoms with Gasteiger partial charge in [0.25, 0.3) is 0 Å². The summed E-state index contributed by atoms with van der Waals surface area (Å²) in [7, 11) is 0. The van der Waals surface area contributed by atoms with E-state index >= 15 is 0 Å². The molecular weight excluding hydrogens is 424 g/mol. The van der Waals surface area contributed by atoms with Gasteiger partial charge in [-0.2, -0.15) is 0 Å². The maximum Gasteiger partial charge on any atom is 0.412 e. The van der Waals surface area contributed by atoms with Crippen LogP contribution in [-0.2, 0) is 23.8 Å². The molecule has 9 nitrogen and oxygen atoms in total. The monoisotopic (exact) mass is 450 g/mol. The van der Waals surface area contributed by atoms with Crippen molar-refractivity contribution in [2.24, 2.45) is 0 Å². The van der Waals surface area contributed by atoms with E-state index in [0.717, 1.165) is 0 Å². The van der Waals surface area contributed by atoms with Crippen LogP contribution < -0.4 is 5.32 Å². The van der Waals surface area contributed by atoms with Gasteiger partial charge in [-0.1, -0.05) is 17.8 Å². The van der Waals surface area contributed by atoms with Crippen LogP contribution >= 0.6 is 11.8 Å². The zero-order valence-corrected chi connectivity index (χ0v) is 18.7. The second-order valence-electron chi connectivity index (χ2n) is 7.41. The Bertz CT molecular complexity index is 877. The lowest BCUT2D eigenvalue weighted by atomic mass is 10.2. The number of amides is 2. The molecule has 0 bridgehead atoms. The van der Waals surface area contributed by atoms with Crippen LogP contribution in [0.25, 0.3) is 0 Å². The number of nitrogens with zero attached hydrogens (tertiary/aromatic N) is 1. The zero-order chi connectivity index (χ0) is 23.0. The average molecular weight is 451 g/mol. The van der Waals surface area contributed by atoms with Crippen molar-refractivity contribution >= 4 is 41.4 Å². The smallest absolute Gasteiger partial charge is 0.412 e. The van der Waals surface area contributed by atoms with Crippen molar-refractivity contribution < 1.29 is 33.4 Å². The molecular formula is C21H26N2O7S. The molecule has 0 unspecified atom stereocenters. The Morgan fingerprint density at radius 2 is 1.97 bits per heavy atom. The highest BCUT2D eigenvalue weighted by Gasteiger charge is 2.27. The fraction of sp³-hybridized carbons (Fsp3) is 0.429. The Morgan fingerprint density at radius 1 is 1.23 bits per heavy atom. The van der Waals surface area contributed by atoms with E-state index in [1.807, 2.05) is 0 Å². The molecule has 0 radical (unpaired) electrons. The Balaban J connectivity index is 1.91. The predicted molar refractivity (Wildman–Crippen MR) is 115 cm³/mol. The molecule has 0 saturated carbocycles. The van der Waals surface area contributed by atoms with Gasteiger partial charge in [-0.3, -0.25) is 10.1 Å². The number of nitrogens with one attached hydrogen (secondary N) is 1. The van der Waals surface area contributed by atoms with Gasteiger partial charge in [-0.15, -0.1) is 0 Å². The summed E-state index contributed by atoms with van der Waals surface area (Å²) in [6.07, 6.45) is 0.621. The number of carbonyl (C=O) groups excluding carboxylic acids is 4. The largest absolute Gasteiger partial charge is 0.463 e. The van der Waals surface area contributed by atoms with E-state index in [4.69, 9.17) is 14.2 Å². The molecule has 10 heteroatoms. The van der Waals surface area contributed by atoms with Crippen molar-refractivity contribution in [3.63, 3.8) is 0 Å². The Morgan fingerprint density at radius 3 is 2.65 bits per heavy atom. The fourth-order valence-electron chi connectivity index (χ4n) is 2.51. The molecule has 1 aliphatic rings. The Hall–Kier alpha value is -3.01. The van der Waals surface area contributed by atoms with E-state index < -0.39 is 23.6 Å². The minimum atomic E-state index is -0.646. The van der Waals surface area contributed by atoms with Crippen molar-refractivity contribution in [3.8, 4) is 0 Å². The van der Waals surface area contributed by atoms with Crippen LogP contribution in [0.5, 0.6) is 0 Å². The van der Waals surface area contributed by atoms with Crippen LogP contribution in [0, 0.1) is 0 Å². The van der Waals surface area contributed by atoms with Gasteiger partial charge >= 0.3 is 18.0 Å². The fourth-order valence-corrected chi connectivity index (χ4v) is 3.47. The molecule has 0 atom stereocenters. The van der Waals surface area contributed by atoms with Gasteiger partial charge in [0.2, 0.25) is 5.91 Å². The highest BCUT2D eigenvalue weighted by atomic mass is 32.2. The van der Waals surface area contributed by atoms with Gasteiger partial charge in [0.15, 0.2) is 0 Å². The maximum atomic E-state index is 12.3. The zero-order valence-electron chi connectivity index (χ0n) is 17.9. The van der Waals surface area contributed by atoms with Crippen LogP contribution in [0.1, 0.15) is 38.1 Å². The molecule has 1 aromatic rings. The molecule has 31 heavy (non-hydrogen) atoms. The number of hydrogen-bond acceptors (Lipinski definition) is 8. The number of benzene rings is 1. The standard InChI is InChI=1S/C21H26N2O7S/c1-5-28-18(25)12-17-23(16(24)13-31-17)9-10-29-19(26)14-7-6-8-15(11-14)22-20(27)30-21(2,3)4/h6-8,11-12H,5,9-10,13H2,1-4H3,(H,22,27). The average Bonchev–Trinajstić information content (AvgIpc) is 3.00. The SMILES string of the molecule is CCOC(=O)C=C1SCC(=O)N1CCOC(=O)c1cccc(NC(=O)OC(C)(C)C)c1. The number of carbonyl (C=O) groups is 4. The summed E-state index contributed by atoms with van der Waals surface area (Å²) in [5.74, 6) is -1.11. The van der Waals surface area contributed by atoms with Crippen LogP contribution in [0.2, 0.25) is 0 Å². The van der Waals surface area contributed by atoms with Crippen molar-refractivity contribution in [3.05, 3.63) is 40.9 Å². The lowest BCUT2D eigenvalue weighted by Gasteiger charge is -2.19. The van der Waals surface area contributed by atoms with E-state index in [1.165, 1.54) is 28.8 Å². The molecule has 1 aliphatic heterocycles. The summed E-state index contributed by atoms with van der Waals surface area (Å²) >= 11 is 1.22. The van der Waals surface area contributed by atoms with Crippen LogP contribution in [0.4, 0.5) is 10.5 Å². The third kappa shape index (κ3) is 7.97. The molecule has 1 saturated heterocycles. The van der Waals surface area contributed by atoms with Crippen molar-refractivity contribution in [2.75, 3.05) is 30.8 Å². The van der Waals surface area contributed by atoms with E-state index in [2.05, 4.69) is 5.32 Å². The lowest BCUT2D eigenvalue weighted by Crippen LogP contribution is -2.29. The highest BCUT2D eigenvalue weighted by molar-refractivity contribution is 8.04. The Kier molecular flexibility index (Phi) is 8.49. The molecule has 1 heterocycles. The number of esters is 2. The predicted octanol–water partition coefficient (Wildman–Crippen LogP) is 3.17. The van der Waals surface area contributed by atoms with Crippen LogP contribution in [0.15, 0.2) is 35.4 Å².